The smallest absolute Gasteiger partial charge is 0.264 e. The first-order valence-electron chi connectivity index (χ1n) is 14.2. The van der Waals surface area contributed by atoms with Gasteiger partial charge in [0.25, 0.3) is 5.56 Å². The molecule has 2 aliphatic carbocycles. The summed E-state index contributed by atoms with van der Waals surface area (Å²) < 4.78 is 3.56. The first-order chi connectivity index (χ1) is 20.7. The molecule has 3 aromatic heterocycles. The Labute approximate surface area is 236 Å². The van der Waals surface area contributed by atoms with Gasteiger partial charge in [-0.15, -0.1) is 0 Å². The Hall–Kier alpha value is -5.62. The van der Waals surface area contributed by atoms with E-state index in [2.05, 4.69) is 36.4 Å². The second-order valence-corrected chi connectivity index (χ2v) is 11.6. The second-order valence-electron chi connectivity index (χ2n) is 11.6. The van der Waals surface area contributed by atoms with E-state index >= 15 is 0 Å². The lowest BCUT2D eigenvalue weighted by Crippen LogP contribution is -2.27. The minimum Gasteiger partial charge on any atom is -0.273 e. The molecule has 8 aromatic rings. The van der Waals surface area contributed by atoms with Crippen LogP contribution >= 0.6 is 0 Å². The second kappa shape index (κ2) is 6.81. The van der Waals surface area contributed by atoms with Gasteiger partial charge in [-0.3, -0.25) is 18.6 Å². The molecule has 0 bridgehead atoms. The van der Waals surface area contributed by atoms with Crippen molar-refractivity contribution in [2.75, 3.05) is 0 Å². The lowest BCUT2D eigenvalue weighted by molar-refractivity contribution is 0.0899. The molecule has 0 N–H and O–H groups in total. The Kier molecular flexibility index (Phi) is 3.43. The van der Waals surface area contributed by atoms with E-state index < -0.39 is 0 Å². The van der Waals surface area contributed by atoms with Crippen molar-refractivity contribution < 1.29 is 4.79 Å². The third-order valence-electron chi connectivity index (χ3n) is 9.71. The van der Waals surface area contributed by atoms with E-state index in [-0.39, 0.29) is 17.4 Å². The molecular formula is C36H18N4O2. The van der Waals surface area contributed by atoms with E-state index in [1.54, 1.807) is 8.97 Å². The van der Waals surface area contributed by atoms with Crippen molar-refractivity contribution >= 4 is 78.1 Å². The highest BCUT2D eigenvalue weighted by Crippen LogP contribution is 2.49. The minimum atomic E-state index is -0.375. The van der Waals surface area contributed by atoms with Gasteiger partial charge in [0, 0.05) is 21.6 Å². The summed E-state index contributed by atoms with van der Waals surface area (Å²) >= 11 is 0. The van der Waals surface area contributed by atoms with E-state index in [1.165, 1.54) is 5.56 Å². The monoisotopic (exact) mass is 538 g/mol. The molecule has 194 valence electrons. The molecule has 6 heteroatoms. The van der Waals surface area contributed by atoms with Gasteiger partial charge in [0.2, 0.25) is 5.91 Å². The summed E-state index contributed by atoms with van der Waals surface area (Å²) in [6.07, 6.45) is 7.14. The molecule has 0 fully saturated rings. The van der Waals surface area contributed by atoms with Crippen molar-refractivity contribution in [1.82, 2.24) is 18.9 Å². The summed E-state index contributed by atoms with van der Waals surface area (Å²) in [6.45, 7) is 0. The number of hydrogen-bond acceptors (Lipinski definition) is 4. The maximum atomic E-state index is 14.0. The van der Waals surface area contributed by atoms with Crippen molar-refractivity contribution in [3.8, 4) is 11.4 Å². The molecule has 0 amide bonds. The molecule has 4 heterocycles. The predicted octanol–water partition coefficient (Wildman–Crippen LogP) is 6.14. The van der Waals surface area contributed by atoms with Gasteiger partial charge in [-0.1, -0.05) is 60.7 Å². The number of imidazole rings is 2. The lowest BCUT2D eigenvalue weighted by Gasteiger charge is -2.30. The number of nitrogens with zero attached hydrogens (tertiary/aromatic N) is 4. The van der Waals surface area contributed by atoms with Crippen LogP contribution < -0.4 is 10.8 Å². The van der Waals surface area contributed by atoms with Gasteiger partial charge in [-0.05, 0) is 75.0 Å². The molecule has 0 radical (unpaired) electrons. The molecule has 1 atom stereocenters. The Morgan fingerprint density at radius 1 is 0.738 bits per heavy atom. The molecule has 3 aliphatic rings. The Morgan fingerprint density at radius 3 is 2.36 bits per heavy atom. The summed E-state index contributed by atoms with van der Waals surface area (Å²) in [7, 11) is 0. The third-order valence-corrected chi connectivity index (χ3v) is 9.71. The first kappa shape index (κ1) is 21.2. The maximum Gasteiger partial charge on any atom is 0.264 e. The fraction of sp³-hybridized carbons (Fsp3) is 0.0556. The Morgan fingerprint density at radius 2 is 1.48 bits per heavy atom. The zero-order chi connectivity index (χ0) is 27.4. The zero-order valence-electron chi connectivity index (χ0n) is 22.1. The molecule has 0 saturated heterocycles. The van der Waals surface area contributed by atoms with Crippen molar-refractivity contribution in [3.63, 3.8) is 0 Å². The molecule has 42 heavy (non-hydrogen) atoms. The van der Waals surface area contributed by atoms with E-state index in [0.717, 1.165) is 77.3 Å². The van der Waals surface area contributed by atoms with E-state index in [0.29, 0.717) is 16.9 Å². The highest BCUT2D eigenvalue weighted by molar-refractivity contribution is 6.25. The van der Waals surface area contributed by atoms with Crippen LogP contribution in [0.4, 0.5) is 0 Å². The molecule has 1 aliphatic heterocycles. The fourth-order valence-electron chi connectivity index (χ4n) is 8.04. The molecular weight excluding hydrogens is 520 g/mol. The number of allylic oxidation sites excluding steroid dienone is 1. The van der Waals surface area contributed by atoms with Crippen molar-refractivity contribution in [2.45, 2.75) is 12.3 Å². The summed E-state index contributed by atoms with van der Waals surface area (Å²) in [5.74, 6) is 0.368. The topological polar surface area (TPSA) is 69.3 Å². The number of hydrogen-bond donors (Lipinski definition) is 0. The van der Waals surface area contributed by atoms with Gasteiger partial charge < -0.3 is 0 Å². The Balaban J connectivity index is 1.33. The highest BCUT2D eigenvalue weighted by Gasteiger charge is 2.37. The van der Waals surface area contributed by atoms with Crippen LogP contribution in [-0.2, 0) is 6.42 Å². The number of carbonyl (C=O) groups is 1. The Bertz CT molecular complexity index is 2820. The summed E-state index contributed by atoms with van der Waals surface area (Å²) in [5.41, 5.74) is 8.38. The van der Waals surface area contributed by atoms with Crippen LogP contribution in [0.2, 0.25) is 0 Å². The van der Waals surface area contributed by atoms with Crippen molar-refractivity contribution in [1.29, 1.82) is 0 Å². The highest BCUT2D eigenvalue weighted by atomic mass is 16.2. The van der Waals surface area contributed by atoms with Crippen molar-refractivity contribution in [2.24, 2.45) is 0 Å². The number of carbonyl (C=O) groups excluding carboxylic acids is 1. The summed E-state index contributed by atoms with van der Waals surface area (Å²) in [6, 6.07) is 24.0. The van der Waals surface area contributed by atoms with Gasteiger partial charge in [0.1, 0.15) is 11.5 Å². The quantitative estimate of drug-likeness (QED) is 0.218. The van der Waals surface area contributed by atoms with Gasteiger partial charge in [0.15, 0.2) is 0 Å². The van der Waals surface area contributed by atoms with Gasteiger partial charge >= 0.3 is 0 Å². The van der Waals surface area contributed by atoms with Gasteiger partial charge in [-0.25, -0.2) is 9.97 Å². The van der Waals surface area contributed by atoms with Crippen LogP contribution in [0, 0.1) is 0 Å². The third kappa shape index (κ3) is 2.19. The molecule has 6 nitrogen and oxygen atoms in total. The van der Waals surface area contributed by atoms with Gasteiger partial charge in [0.05, 0.1) is 28.0 Å². The lowest BCUT2D eigenvalue weighted by atomic mass is 9.76. The van der Waals surface area contributed by atoms with E-state index in [1.807, 2.05) is 54.6 Å². The fourth-order valence-corrected chi connectivity index (χ4v) is 8.04. The normalized spacial score (nSPS) is 16.5. The van der Waals surface area contributed by atoms with Crippen LogP contribution in [0.3, 0.4) is 0 Å². The maximum absolute atomic E-state index is 14.0. The standard InChI is InChI=1S/C36H18N4O2/c41-35-23-15-11-19-18-10-14-22-32-24(36(42)40-28-8-4-2-6-26(28)38-34(22)40)16-12-20(30(18)32)17-9-13-21(31(23)29(17)19)33-37-25-5-1-3-7-27(25)39(33)35/h1-9,11-16,23H,10H2. The SMILES string of the molecule is O=C1C2C=Cc3c4c5c(ccc6c(=O)n7c(nc8ccccc87)c(c65)=CC4)c4ccc(c2c34)-c2nc3ccccc3n21. The van der Waals surface area contributed by atoms with Gasteiger partial charge in [-0.2, -0.15) is 0 Å². The van der Waals surface area contributed by atoms with Crippen LogP contribution in [0.1, 0.15) is 27.4 Å². The molecule has 1 unspecified atom stereocenters. The minimum absolute atomic E-state index is 0.0338. The molecule has 0 spiro atoms. The van der Waals surface area contributed by atoms with Crippen LogP contribution in [0.15, 0.2) is 83.7 Å². The zero-order valence-corrected chi connectivity index (χ0v) is 22.1. The number of rotatable bonds is 0. The summed E-state index contributed by atoms with van der Waals surface area (Å²) in [5, 5.41) is 7.16. The number of aromatic nitrogens is 4. The van der Waals surface area contributed by atoms with E-state index in [4.69, 9.17) is 9.97 Å². The predicted molar refractivity (Wildman–Crippen MR) is 166 cm³/mol. The number of benzene rings is 5. The van der Waals surface area contributed by atoms with Crippen molar-refractivity contribution in [3.05, 3.63) is 111 Å². The number of para-hydroxylation sites is 4. The largest absolute Gasteiger partial charge is 0.273 e. The molecule has 11 rings (SSSR count). The van der Waals surface area contributed by atoms with Crippen LogP contribution in [0.25, 0.3) is 83.6 Å². The van der Waals surface area contributed by atoms with E-state index in [9.17, 15) is 9.59 Å². The number of fused-ring (bicyclic) bond motifs is 10. The summed E-state index contributed by atoms with van der Waals surface area (Å²) in [4.78, 5) is 37.8. The average molecular weight is 539 g/mol. The molecule has 0 saturated carbocycles. The first-order valence-corrected chi connectivity index (χ1v) is 14.2. The molecule has 5 aromatic carbocycles. The van der Waals surface area contributed by atoms with Crippen LogP contribution in [0.5, 0.6) is 0 Å². The van der Waals surface area contributed by atoms with Crippen LogP contribution in [-0.4, -0.2) is 24.8 Å². The average Bonchev–Trinajstić information content (AvgIpc) is 3.61. The number of pyridine rings is 1.